The molecule has 1 fully saturated rings. The Labute approximate surface area is 216 Å². The number of nitrogens with zero attached hydrogens (tertiary/aromatic N) is 5. The highest BCUT2D eigenvalue weighted by Gasteiger charge is 2.51. The highest BCUT2D eigenvalue weighted by atomic mass is 15.3. The lowest BCUT2D eigenvalue weighted by Gasteiger charge is -2.44. The van der Waals surface area contributed by atoms with Crippen LogP contribution in [0.2, 0.25) is 0 Å². The van der Waals surface area contributed by atoms with Gasteiger partial charge >= 0.3 is 0 Å². The highest BCUT2D eigenvalue weighted by Crippen LogP contribution is 2.54. The normalized spacial score (nSPS) is 24.7. The van der Waals surface area contributed by atoms with Crippen molar-refractivity contribution in [2.45, 2.75) is 44.6 Å². The predicted octanol–water partition coefficient (Wildman–Crippen LogP) is 7.17. The van der Waals surface area contributed by atoms with Crippen LogP contribution in [0.3, 0.4) is 0 Å². The number of hydrogen-bond donors (Lipinski definition) is 0. The Bertz CT molecular complexity index is 1730. The lowest BCUT2D eigenvalue weighted by Crippen LogP contribution is -2.48. The lowest BCUT2D eigenvalue weighted by atomic mass is 9.70. The van der Waals surface area contributed by atoms with Crippen LogP contribution in [0, 0.1) is 34.5 Å². The van der Waals surface area contributed by atoms with Crippen LogP contribution in [0.25, 0.3) is 27.6 Å². The fraction of sp³-hybridized carbons (Fsp3) is 0.281. The van der Waals surface area contributed by atoms with Crippen molar-refractivity contribution in [1.82, 2.24) is 9.55 Å². The van der Waals surface area contributed by atoms with Gasteiger partial charge in [0.2, 0.25) is 0 Å². The van der Waals surface area contributed by atoms with E-state index in [1.54, 1.807) is 0 Å². The van der Waals surface area contributed by atoms with Gasteiger partial charge in [-0.3, -0.25) is 4.57 Å². The fourth-order valence-electron chi connectivity index (χ4n) is 7.10. The Morgan fingerprint density at radius 2 is 1.78 bits per heavy atom. The minimum absolute atomic E-state index is 0.0360. The van der Waals surface area contributed by atoms with Crippen LogP contribution in [0.1, 0.15) is 44.6 Å². The molecule has 0 N–H and O–H groups in total. The molecule has 37 heavy (non-hydrogen) atoms. The van der Waals surface area contributed by atoms with Crippen molar-refractivity contribution in [2.24, 2.45) is 11.8 Å². The van der Waals surface area contributed by atoms with Gasteiger partial charge in [-0.05, 0) is 74.2 Å². The largest absolute Gasteiger partial charge is 0.320 e. The second-order valence-electron chi connectivity index (χ2n) is 10.8. The van der Waals surface area contributed by atoms with E-state index in [-0.39, 0.29) is 11.5 Å². The first-order valence-corrected chi connectivity index (χ1v) is 13.1. The molecule has 3 heterocycles. The molecule has 4 aromatic rings. The molecule has 0 radical (unpaired) electrons. The number of allylic oxidation sites excluding steroid dienone is 2. The van der Waals surface area contributed by atoms with E-state index >= 15 is 0 Å². The Kier molecular flexibility index (Phi) is 4.78. The molecule has 1 aliphatic heterocycles. The number of fused-ring (bicyclic) bond motifs is 5. The van der Waals surface area contributed by atoms with E-state index < -0.39 is 0 Å². The number of pyridine rings is 1. The Balaban J connectivity index is 1.42. The zero-order chi connectivity index (χ0) is 25.1. The fourth-order valence-corrected chi connectivity index (χ4v) is 7.10. The molecule has 0 spiro atoms. The second-order valence-corrected chi connectivity index (χ2v) is 10.8. The number of benzene rings is 2. The quantitative estimate of drug-likeness (QED) is 0.304. The van der Waals surface area contributed by atoms with Gasteiger partial charge < -0.3 is 4.90 Å². The van der Waals surface area contributed by atoms with Crippen molar-refractivity contribution in [3.8, 4) is 18.0 Å². The maximum absolute atomic E-state index is 9.63. The van der Waals surface area contributed by atoms with Crippen molar-refractivity contribution in [3.63, 3.8) is 0 Å². The minimum Gasteiger partial charge on any atom is -0.320 e. The van der Waals surface area contributed by atoms with Crippen LogP contribution in [0.4, 0.5) is 5.82 Å². The van der Waals surface area contributed by atoms with E-state index in [9.17, 15) is 10.5 Å². The van der Waals surface area contributed by atoms with Crippen molar-refractivity contribution < 1.29 is 0 Å². The summed E-state index contributed by atoms with van der Waals surface area (Å²) < 4.78 is 2.21. The standard InChI is InChI=1S/C32H27N5/c1-32-16-5-4-8-26(32)25-18-22(20-34)13-15-29(25)37(32)31-11-6-10-30(35-31)36-27-9-3-2-7-23(27)24-17-21(19-33)12-14-28(24)36/h2-3,6-7,9-15,17,22,26H,4-5,8,16,18H2,1H3/t22?,26?,32-/m1/s1. The molecule has 2 aliphatic carbocycles. The van der Waals surface area contributed by atoms with Crippen LogP contribution in [-0.4, -0.2) is 15.1 Å². The summed E-state index contributed by atoms with van der Waals surface area (Å²) in [5.74, 6) is 2.24. The summed E-state index contributed by atoms with van der Waals surface area (Å²) in [6.07, 6.45) is 9.81. The number of para-hydroxylation sites is 1. The Morgan fingerprint density at radius 1 is 0.946 bits per heavy atom. The molecular weight excluding hydrogens is 454 g/mol. The van der Waals surface area contributed by atoms with Crippen LogP contribution < -0.4 is 4.90 Å². The summed E-state index contributed by atoms with van der Waals surface area (Å²) in [6, 6.07) is 25.3. The van der Waals surface area contributed by atoms with Gasteiger partial charge in [0.15, 0.2) is 0 Å². The van der Waals surface area contributed by atoms with E-state index in [0.717, 1.165) is 46.3 Å². The Morgan fingerprint density at radius 3 is 2.65 bits per heavy atom. The van der Waals surface area contributed by atoms with Gasteiger partial charge in [-0.25, -0.2) is 4.98 Å². The van der Waals surface area contributed by atoms with Crippen molar-refractivity contribution in [2.75, 3.05) is 4.90 Å². The SMILES string of the molecule is C[C@@]12CCCCC1C1=C(C=CC(C#N)C1)N2c1cccc(-n2c3ccccc3c3cc(C#N)ccc32)n1. The number of aromatic nitrogens is 2. The summed E-state index contributed by atoms with van der Waals surface area (Å²) in [5.41, 5.74) is 5.42. The van der Waals surface area contributed by atoms with Crippen LogP contribution in [0.5, 0.6) is 0 Å². The first kappa shape index (κ1) is 21.9. The van der Waals surface area contributed by atoms with E-state index in [4.69, 9.17) is 4.98 Å². The van der Waals surface area contributed by atoms with Crippen molar-refractivity contribution in [1.29, 1.82) is 10.5 Å². The maximum Gasteiger partial charge on any atom is 0.140 e. The van der Waals surface area contributed by atoms with Gasteiger partial charge in [0, 0.05) is 22.4 Å². The molecule has 7 rings (SSSR count). The molecule has 180 valence electrons. The average molecular weight is 482 g/mol. The molecular formula is C32H27N5. The summed E-state index contributed by atoms with van der Waals surface area (Å²) in [7, 11) is 0. The molecule has 0 amide bonds. The summed E-state index contributed by atoms with van der Waals surface area (Å²) >= 11 is 0. The average Bonchev–Trinajstić information content (AvgIpc) is 3.41. The predicted molar refractivity (Wildman–Crippen MR) is 146 cm³/mol. The molecule has 1 saturated carbocycles. The van der Waals surface area contributed by atoms with E-state index in [1.807, 2.05) is 24.3 Å². The third kappa shape index (κ3) is 3.11. The lowest BCUT2D eigenvalue weighted by molar-refractivity contribution is 0.250. The summed E-state index contributed by atoms with van der Waals surface area (Å²) in [4.78, 5) is 7.77. The highest BCUT2D eigenvalue weighted by molar-refractivity contribution is 6.09. The van der Waals surface area contributed by atoms with Gasteiger partial charge in [-0.2, -0.15) is 10.5 Å². The molecule has 3 atom stereocenters. The van der Waals surface area contributed by atoms with E-state index in [1.165, 1.54) is 30.5 Å². The number of nitriles is 2. The minimum atomic E-state index is -0.0416. The topological polar surface area (TPSA) is 68.6 Å². The van der Waals surface area contributed by atoms with Gasteiger partial charge in [-0.1, -0.05) is 43.2 Å². The number of hydrogen-bond acceptors (Lipinski definition) is 4. The van der Waals surface area contributed by atoms with E-state index in [2.05, 4.69) is 77.1 Å². The maximum atomic E-state index is 9.63. The molecule has 0 bridgehead atoms. The Hall–Kier alpha value is -4.35. The van der Waals surface area contributed by atoms with Crippen LogP contribution >= 0.6 is 0 Å². The van der Waals surface area contributed by atoms with Crippen molar-refractivity contribution in [3.05, 3.63) is 89.6 Å². The molecule has 5 nitrogen and oxygen atoms in total. The summed E-state index contributed by atoms with van der Waals surface area (Å²) in [5, 5.41) is 21.3. The first-order valence-electron chi connectivity index (χ1n) is 13.1. The molecule has 5 heteroatoms. The van der Waals surface area contributed by atoms with Crippen LogP contribution in [-0.2, 0) is 0 Å². The third-order valence-electron chi connectivity index (χ3n) is 8.75. The second kappa shape index (κ2) is 8.08. The van der Waals surface area contributed by atoms with Crippen molar-refractivity contribution >= 4 is 27.6 Å². The molecule has 2 aromatic carbocycles. The third-order valence-corrected chi connectivity index (χ3v) is 8.75. The number of rotatable bonds is 2. The smallest absolute Gasteiger partial charge is 0.140 e. The van der Waals surface area contributed by atoms with Gasteiger partial charge in [0.1, 0.15) is 11.6 Å². The monoisotopic (exact) mass is 481 g/mol. The van der Waals surface area contributed by atoms with Gasteiger partial charge in [0.05, 0.1) is 40.2 Å². The molecule has 3 aliphatic rings. The summed E-state index contributed by atoms with van der Waals surface area (Å²) in [6.45, 7) is 2.39. The van der Waals surface area contributed by atoms with Crippen LogP contribution in [0.15, 0.2) is 84.1 Å². The van der Waals surface area contributed by atoms with E-state index in [0.29, 0.717) is 11.5 Å². The zero-order valence-electron chi connectivity index (χ0n) is 20.9. The number of anilines is 1. The first-order chi connectivity index (χ1) is 18.1. The molecule has 2 aromatic heterocycles. The zero-order valence-corrected chi connectivity index (χ0v) is 20.9. The molecule has 2 unspecified atom stereocenters. The molecule has 0 saturated heterocycles. The van der Waals surface area contributed by atoms with Gasteiger partial charge in [0.25, 0.3) is 0 Å². The van der Waals surface area contributed by atoms with Gasteiger partial charge in [-0.15, -0.1) is 0 Å².